The van der Waals surface area contributed by atoms with Crippen LogP contribution in [0.4, 0.5) is 0 Å². The Morgan fingerprint density at radius 1 is 1.06 bits per heavy atom. The van der Waals surface area contributed by atoms with E-state index in [1.165, 1.54) is 25.7 Å². The van der Waals surface area contributed by atoms with Crippen LogP contribution >= 0.6 is 0 Å². The highest BCUT2D eigenvalue weighted by atomic mass is 16.7. The largest absolute Gasteiger partial charge is 0.432 e. The standard InChI is InChI=1S/C26H40O7/c1-14-11-26-10-7-17-24(2,18(26)6-5-15(14)12-26)8-4-9-25(17,3)23(31)33-22-21(30)20(29)19(28)16(13-27)32-22/h4,9,14-22,27-30H,5-8,10-13H2,1-3H3/t14-,15-,16-,17-,18-,19-,20+,21-,22+,24+,25?,26+/m1/s1. The molecule has 0 radical (unpaired) electrons. The summed E-state index contributed by atoms with van der Waals surface area (Å²) in [6.45, 7) is 6.16. The van der Waals surface area contributed by atoms with E-state index in [1.807, 2.05) is 13.0 Å². The molecule has 4 N–H and O–H groups in total. The fraction of sp³-hybridized carbons (Fsp3) is 0.885. The summed E-state index contributed by atoms with van der Waals surface area (Å²) in [5.74, 6) is 1.87. The van der Waals surface area contributed by atoms with Gasteiger partial charge in [0.25, 0.3) is 0 Å². The molecule has 1 aliphatic heterocycles. The number of carbonyl (C=O) groups is 1. The van der Waals surface area contributed by atoms with E-state index in [0.29, 0.717) is 11.3 Å². The van der Waals surface area contributed by atoms with Gasteiger partial charge in [-0.1, -0.05) is 26.0 Å². The third-order valence-corrected chi connectivity index (χ3v) is 10.5. The maximum Gasteiger partial charge on any atom is 0.318 e. The summed E-state index contributed by atoms with van der Waals surface area (Å²) in [6.07, 6.45) is 5.16. The minimum absolute atomic E-state index is 0.00514. The number of ether oxygens (including phenoxy) is 2. The Hall–Kier alpha value is -0.990. The molecule has 186 valence electrons. The van der Waals surface area contributed by atoms with Gasteiger partial charge in [0, 0.05) is 0 Å². The molecule has 4 fully saturated rings. The normalized spacial score (nSPS) is 55.5. The first kappa shape index (κ1) is 23.7. The molecule has 0 aromatic rings. The molecule has 0 amide bonds. The number of esters is 1. The van der Waals surface area contributed by atoms with Crippen LogP contribution in [0, 0.1) is 39.9 Å². The van der Waals surface area contributed by atoms with Crippen LogP contribution in [0.2, 0.25) is 0 Å². The quantitative estimate of drug-likeness (QED) is 0.374. The summed E-state index contributed by atoms with van der Waals surface area (Å²) in [5.41, 5.74) is -0.458. The minimum atomic E-state index is -1.58. The van der Waals surface area contributed by atoms with Crippen LogP contribution < -0.4 is 0 Å². The molecule has 5 rings (SSSR count). The van der Waals surface area contributed by atoms with Crippen molar-refractivity contribution < 1.29 is 34.7 Å². The van der Waals surface area contributed by atoms with E-state index in [0.717, 1.165) is 31.1 Å². The van der Waals surface area contributed by atoms with Gasteiger partial charge in [0.2, 0.25) is 6.29 Å². The lowest BCUT2D eigenvalue weighted by Crippen LogP contribution is -2.61. The molecular formula is C26H40O7. The maximum absolute atomic E-state index is 13.6. The zero-order valence-electron chi connectivity index (χ0n) is 20.0. The van der Waals surface area contributed by atoms with Crippen LogP contribution in [-0.2, 0) is 14.3 Å². The molecule has 1 saturated heterocycles. The van der Waals surface area contributed by atoms with Crippen molar-refractivity contribution in [1.82, 2.24) is 0 Å². The first-order chi connectivity index (χ1) is 15.6. The monoisotopic (exact) mass is 464 g/mol. The number of aliphatic hydroxyl groups excluding tert-OH is 4. The average molecular weight is 465 g/mol. The number of allylic oxidation sites excluding steroid dienone is 1. The second-order valence-electron chi connectivity index (χ2n) is 12.2. The van der Waals surface area contributed by atoms with Crippen LogP contribution in [0.5, 0.6) is 0 Å². The fourth-order valence-corrected chi connectivity index (χ4v) is 8.94. The second-order valence-corrected chi connectivity index (χ2v) is 12.2. The maximum atomic E-state index is 13.6. The number of hydrogen-bond acceptors (Lipinski definition) is 7. The summed E-state index contributed by atoms with van der Waals surface area (Å²) < 4.78 is 11.1. The molecule has 1 unspecified atom stereocenters. The topological polar surface area (TPSA) is 116 Å². The van der Waals surface area contributed by atoms with Crippen molar-refractivity contribution in [2.75, 3.05) is 6.61 Å². The molecule has 0 aromatic heterocycles. The van der Waals surface area contributed by atoms with E-state index in [9.17, 15) is 25.2 Å². The highest BCUT2D eigenvalue weighted by molar-refractivity contribution is 5.80. The van der Waals surface area contributed by atoms with Crippen molar-refractivity contribution in [3.05, 3.63) is 12.2 Å². The van der Waals surface area contributed by atoms with Gasteiger partial charge >= 0.3 is 5.97 Å². The SMILES string of the molecule is C[C@@H]1C[C@]23CC[C@H]4C(C)(C(=O)O[C@@H]5O[C@H](CO)[C@@H](O)[C@H](O)[C@H]5O)C=CC[C@]4(C)[C@H]2CC[C@@H]1C3. The lowest BCUT2D eigenvalue weighted by Gasteiger charge is -2.62. The molecule has 1 heterocycles. The van der Waals surface area contributed by atoms with Gasteiger partial charge in [0.15, 0.2) is 0 Å². The summed E-state index contributed by atoms with van der Waals surface area (Å²) in [7, 11) is 0. The summed E-state index contributed by atoms with van der Waals surface area (Å²) in [5, 5.41) is 40.0. The van der Waals surface area contributed by atoms with Crippen molar-refractivity contribution >= 4 is 5.97 Å². The summed E-state index contributed by atoms with van der Waals surface area (Å²) in [6, 6.07) is 0. The predicted octanol–water partition coefficient (Wildman–Crippen LogP) is 2.15. The van der Waals surface area contributed by atoms with Gasteiger partial charge in [-0.2, -0.15) is 0 Å². The Morgan fingerprint density at radius 2 is 1.82 bits per heavy atom. The van der Waals surface area contributed by atoms with Gasteiger partial charge in [0.05, 0.1) is 12.0 Å². The van der Waals surface area contributed by atoms with Gasteiger partial charge in [-0.3, -0.25) is 4.79 Å². The number of fused-ring (bicyclic) bond motifs is 3. The van der Waals surface area contributed by atoms with Crippen molar-refractivity contribution in [3.63, 3.8) is 0 Å². The lowest BCUT2D eigenvalue weighted by atomic mass is 9.42. The smallest absolute Gasteiger partial charge is 0.318 e. The zero-order chi connectivity index (χ0) is 23.8. The molecule has 7 heteroatoms. The fourth-order valence-electron chi connectivity index (χ4n) is 8.94. The molecule has 2 bridgehead atoms. The van der Waals surface area contributed by atoms with Gasteiger partial charge < -0.3 is 29.9 Å². The molecule has 3 saturated carbocycles. The summed E-state index contributed by atoms with van der Waals surface area (Å²) >= 11 is 0. The lowest BCUT2D eigenvalue weighted by molar-refractivity contribution is -0.296. The van der Waals surface area contributed by atoms with Gasteiger partial charge in [0.1, 0.15) is 24.4 Å². The highest BCUT2D eigenvalue weighted by Crippen LogP contribution is 2.71. The molecule has 7 nitrogen and oxygen atoms in total. The van der Waals surface area contributed by atoms with Crippen LogP contribution in [0.1, 0.15) is 65.7 Å². The summed E-state index contributed by atoms with van der Waals surface area (Å²) in [4.78, 5) is 13.6. The Labute approximate surface area is 196 Å². The first-order valence-corrected chi connectivity index (χ1v) is 12.7. The average Bonchev–Trinajstić information content (AvgIpc) is 3.01. The number of rotatable bonds is 3. The van der Waals surface area contributed by atoms with E-state index < -0.39 is 48.7 Å². The molecule has 4 aliphatic carbocycles. The minimum Gasteiger partial charge on any atom is -0.432 e. The molecule has 5 aliphatic rings. The van der Waals surface area contributed by atoms with Crippen LogP contribution in [-0.4, -0.2) is 63.7 Å². The molecule has 1 spiro atoms. The Morgan fingerprint density at radius 3 is 2.55 bits per heavy atom. The van der Waals surface area contributed by atoms with Crippen LogP contribution in [0.25, 0.3) is 0 Å². The zero-order valence-corrected chi connectivity index (χ0v) is 20.0. The Kier molecular flexibility index (Phi) is 5.77. The number of aliphatic hydroxyl groups is 4. The van der Waals surface area contributed by atoms with Crippen molar-refractivity contribution in [2.45, 2.75) is 96.4 Å². The third-order valence-electron chi connectivity index (χ3n) is 10.5. The van der Waals surface area contributed by atoms with Crippen LogP contribution in [0.3, 0.4) is 0 Å². The molecule has 12 atom stereocenters. The van der Waals surface area contributed by atoms with E-state index in [-0.39, 0.29) is 11.3 Å². The van der Waals surface area contributed by atoms with Crippen molar-refractivity contribution in [2.24, 2.45) is 39.9 Å². The second kappa shape index (κ2) is 8.02. The van der Waals surface area contributed by atoms with E-state index in [2.05, 4.69) is 19.9 Å². The third kappa shape index (κ3) is 3.37. The van der Waals surface area contributed by atoms with Gasteiger partial charge in [-0.05, 0) is 86.4 Å². The highest BCUT2D eigenvalue weighted by Gasteiger charge is 2.65. The van der Waals surface area contributed by atoms with Crippen molar-refractivity contribution in [3.8, 4) is 0 Å². The van der Waals surface area contributed by atoms with Crippen molar-refractivity contribution in [1.29, 1.82) is 0 Å². The van der Waals surface area contributed by atoms with E-state index >= 15 is 0 Å². The Balaban J connectivity index is 1.39. The molecule has 0 aromatic carbocycles. The Bertz CT molecular complexity index is 808. The van der Waals surface area contributed by atoms with Gasteiger partial charge in [-0.25, -0.2) is 0 Å². The van der Waals surface area contributed by atoms with Crippen LogP contribution in [0.15, 0.2) is 12.2 Å². The predicted molar refractivity (Wildman–Crippen MR) is 120 cm³/mol. The van der Waals surface area contributed by atoms with Gasteiger partial charge in [-0.15, -0.1) is 0 Å². The number of carbonyl (C=O) groups excluding carboxylic acids is 1. The van der Waals surface area contributed by atoms with E-state index in [1.54, 1.807) is 0 Å². The first-order valence-electron chi connectivity index (χ1n) is 12.7. The van der Waals surface area contributed by atoms with E-state index in [4.69, 9.17) is 9.47 Å². The molecular weight excluding hydrogens is 424 g/mol. The number of hydrogen-bond donors (Lipinski definition) is 4. The molecule has 33 heavy (non-hydrogen) atoms.